The minimum absolute atomic E-state index is 0.195. The van der Waals surface area contributed by atoms with Crippen LogP contribution in [0.25, 0.3) is 32.7 Å². The third-order valence-electron chi connectivity index (χ3n) is 5.72. The number of hydrogen-bond donors (Lipinski definition) is 0. The van der Waals surface area contributed by atoms with Crippen LogP contribution in [0.5, 0.6) is 11.6 Å². The van der Waals surface area contributed by atoms with Crippen molar-refractivity contribution in [3.05, 3.63) is 93.4 Å². The van der Waals surface area contributed by atoms with Crippen LogP contribution in [0.4, 0.5) is 13.2 Å². The first-order chi connectivity index (χ1) is 17.7. The lowest BCUT2D eigenvalue weighted by Gasteiger charge is -2.07. The van der Waals surface area contributed by atoms with E-state index in [2.05, 4.69) is 9.97 Å². The van der Waals surface area contributed by atoms with Gasteiger partial charge in [-0.2, -0.15) is 13.2 Å². The van der Waals surface area contributed by atoms with E-state index in [-0.39, 0.29) is 12.0 Å². The number of rotatable bonds is 6. The molecule has 6 nitrogen and oxygen atoms in total. The van der Waals surface area contributed by atoms with Crippen LogP contribution in [0.2, 0.25) is 0 Å². The van der Waals surface area contributed by atoms with Crippen molar-refractivity contribution in [3.63, 3.8) is 0 Å². The van der Waals surface area contributed by atoms with Crippen molar-refractivity contribution < 1.29 is 27.1 Å². The second-order valence-corrected chi connectivity index (χ2v) is 9.20. The Balaban J connectivity index is 1.33. The maximum Gasteiger partial charge on any atom is 0.416 e. The van der Waals surface area contributed by atoms with Gasteiger partial charge in [-0.25, -0.2) is 9.97 Å². The summed E-state index contributed by atoms with van der Waals surface area (Å²) in [4.78, 5) is 22.4. The summed E-state index contributed by atoms with van der Waals surface area (Å²) in [5.41, 5.74) is 1.80. The van der Waals surface area contributed by atoms with Gasteiger partial charge in [0.2, 0.25) is 11.3 Å². The van der Waals surface area contributed by atoms with Gasteiger partial charge in [-0.15, -0.1) is 11.3 Å². The molecule has 188 valence electrons. The molecule has 0 saturated heterocycles. The molecule has 2 aromatic carbocycles. The Morgan fingerprint density at radius 2 is 1.78 bits per heavy atom. The number of hydrogen-bond acceptors (Lipinski definition) is 7. The predicted octanol–water partition coefficient (Wildman–Crippen LogP) is 6.89. The highest BCUT2D eigenvalue weighted by Crippen LogP contribution is 2.33. The lowest BCUT2D eigenvalue weighted by Crippen LogP contribution is -2.05. The van der Waals surface area contributed by atoms with E-state index in [9.17, 15) is 18.0 Å². The Kier molecular flexibility index (Phi) is 6.43. The number of thiazole rings is 1. The van der Waals surface area contributed by atoms with Gasteiger partial charge in [0.05, 0.1) is 34.2 Å². The van der Waals surface area contributed by atoms with Gasteiger partial charge in [-0.05, 0) is 37.3 Å². The van der Waals surface area contributed by atoms with Crippen molar-refractivity contribution in [3.8, 4) is 33.3 Å². The number of halogens is 3. The number of ether oxygens (including phenoxy) is 2. The number of methoxy groups -OCH3 is 1. The van der Waals surface area contributed by atoms with Gasteiger partial charge in [-0.3, -0.25) is 4.79 Å². The Hall–Kier alpha value is -4.18. The summed E-state index contributed by atoms with van der Waals surface area (Å²) in [6.07, 6.45) is -1.45. The van der Waals surface area contributed by atoms with E-state index >= 15 is 0 Å². The molecule has 5 aromatic rings. The quantitative estimate of drug-likeness (QED) is 0.241. The molecule has 37 heavy (non-hydrogen) atoms. The van der Waals surface area contributed by atoms with Crippen LogP contribution in [0.3, 0.4) is 0 Å². The maximum atomic E-state index is 13.0. The van der Waals surface area contributed by atoms with Crippen molar-refractivity contribution in [2.24, 2.45) is 0 Å². The largest absolute Gasteiger partial charge is 0.488 e. The van der Waals surface area contributed by atoms with E-state index in [1.54, 1.807) is 36.5 Å². The first-order valence-electron chi connectivity index (χ1n) is 11.1. The number of pyridine rings is 1. The van der Waals surface area contributed by atoms with Crippen molar-refractivity contribution in [1.82, 2.24) is 9.97 Å². The Morgan fingerprint density at radius 3 is 2.46 bits per heavy atom. The zero-order valence-electron chi connectivity index (χ0n) is 19.6. The van der Waals surface area contributed by atoms with Crippen LogP contribution in [0, 0.1) is 6.92 Å². The number of benzene rings is 2. The molecule has 3 aromatic heterocycles. The van der Waals surface area contributed by atoms with E-state index in [4.69, 9.17) is 13.9 Å². The summed E-state index contributed by atoms with van der Waals surface area (Å²) in [6, 6.07) is 13.3. The molecule has 0 aliphatic heterocycles. The maximum absolute atomic E-state index is 13.0. The van der Waals surface area contributed by atoms with Gasteiger partial charge in [-0.1, -0.05) is 12.1 Å². The van der Waals surface area contributed by atoms with Gasteiger partial charge in [0, 0.05) is 29.5 Å². The van der Waals surface area contributed by atoms with Crippen LogP contribution < -0.4 is 14.9 Å². The van der Waals surface area contributed by atoms with Gasteiger partial charge in [0.25, 0.3) is 0 Å². The standard InChI is InChI=1S/C27H19F3N2O4S/c1-15-23(37-26(32-15)16-3-6-18(7-4-16)27(28,29)30)14-35-19-8-9-20-22(11-19)36-13-21(25(20)33)17-5-10-24(34-2)31-12-17/h3-13H,14H2,1-2H3. The van der Waals surface area contributed by atoms with E-state index < -0.39 is 11.7 Å². The van der Waals surface area contributed by atoms with Crippen LogP contribution in [-0.4, -0.2) is 17.1 Å². The summed E-state index contributed by atoms with van der Waals surface area (Å²) >= 11 is 1.35. The molecule has 0 radical (unpaired) electrons. The lowest BCUT2D eigenvalue weighted by atomic mass is 10.1. The van der Waals surface area contributed by atoms with Crippen LogP contribution in [0.1, 0.15) is 16.1 Å². The third-order valence-corrected chi connectivity index (χ3v) is 6.90. The molecule has 0 aliphatic rings. The molecule has 5 rings (SSSR count). The lowest BCUT2D eigenvalue weighted by molar-refractivity contribution is -0.137. The Bertz CT molecular complexity index is 1630. The highest BCUT2D eigenvalue weighted by Gasteiger charge is 2.30. The van der Waals surface area contributed by atoms with E-state index in [0.717, 1.165) is 22.7 Å². The molecule has 0 fully saturated rings. The molecule has 0 bridgehead atoms. The summed E-state index contributed by atoms with van der Waals surface area (Å²) in [5.74, 6) is 0.941. The summed E-state index contributed by atoms with van der Waals surface area (Å²) in [7, 11) is 1.51. The second kappa shape index (κ2) is 9.70. The molecule has 0 unspecified atom stereocenters. The molecule has 0 atom stereocenters. The molecule has 0 spiro atoms. The average Bonchev–Trinajstić information content (AvgIpc) is 3.27. The predicted molar refractivity (Wildman–Crippen MR) is 134 cm³/mol. The third kappa shape index (κ3) is 5.05. The van der Waals surface area contributed by atoms with Gasteiger partial charge in [0.1, 0.15) is 29.2 Å². The first kappa shape index (κ1) is 24.5. The van der Waals surface area contributed by atoms with Crippen LogP contribution >= 0.6 is 11.3 Å². The number of alkyl halides is 3. The highest BCUT2D eigenvalue weighted by molar-refractivity contribution is 7.15. The van der Waals surface area contributed by atoms with E-state index in [1.807, 2.05) is 6.92 Å². The van der Waals surface area contributed by atoms with Gasteiger partial charge in [0.15, 0.2) is 0 Å². The van der Waals surface area contributed by atoms with E-state index in [1.165, 1.54) is 36.8 Å². The van der Waals surface area contributed by atoms with Gasteiger partial charge >= 0.3 is 6.18 Å². The molecule has 0 saturated carbocycles. The molecule has 0 amide bonds. The van der Waals surface area contributed by atoms with Crippen molar-refractivity contribution in [1.29, 1.82) is 0 Å². The SMILES string of the molecule is COc1ccc(-c2coc3cc(OCc4sc(-c5ccc(C(F)(F)F)cc5)nc4C)ccc3c2=O)cn1. The fraction of sp³-hybridized carbons (Fsp3) is 0.148. The normalized spacial score (nSPS) is 11.6. The van der Waals surface area contributed by atoms with Crippen molar-refractivity contribution in [2.45, 2.75) is 19.7 Å². The number of aryl methyl sites for hydroxylation is 1. The van der Waals surface area contributed by atoms with Crippen LogP contribution in [-0.2, 0) is 12.8 Å². The number of aromatic nitrogens is 2. The second-order valence-electron chi connectivity index (χ2n) is 8.12. The Morgan fingerprint density at radius 1 is 1.03 bits per heavy atom. The minimum Gasteiger partial charge on any atom is -0.488 e. The van der Waals surface area contributed by atoms with E-state index in [0.29, 0.717) is 44.3 Å². The average molecular weight is 525 g/mol. The van der Waals surface area contributed by atoms with Crippen molar-refractivity contribution in [2.75, 3.05) is 7.11 Å². The minimum atomic E-state index is -4.39. The zero-order chi connectivity index (χ0) is 26.2. The van der Waals surface area contributed by atoms with Gasteiger partial charge < -0.3 is 13.9 Å². The van der Waals surface area contributed by atoms with Crippen molar-refractivity contribution >= 4 is 22.3 Å². The molecule has 0 aliphatic carbocycles. The smallest absolute Gasteiger partial charge is 0.416 e. The van der Waals surface area contributed by atoms with Crippen LogP contribution in [0.15, 0.2) is 76.3 Å². The molecular weight excluding hydrogens is 505 g/mol. The molecule has 3 heterocycles. The monoisotopic (exact) mass is 524 g/mol. The summed E-state index contributed by atoms with van der Waals surface area (Å²) in [5, 5.41) is 1.01. The fourth-order valence-electron chi connectivity index (χ4n) is 3.69. The number of fused-ring (bicyclic) bond motifs is 1. The molecule has 10 heteroatoms. The fourth-order valence-corrected chi connectivity index (χ4v) is 4.68. The summed E-state index contributed by atoms with van der Waals surface area (Å²) < 4.78 is 55.2. The highest BCUT2D eigenvalue weighted by atomic mass is 32.1. The number of nitrogens with zero attached hydrogens (tertiary/aromatic N) is 2. The summed E-state index contributed by atoms with van der Waals surface area (Å²) in [6.45, 7) is 2.02. The molecular formula is C27H19F3N2O4S. The topological polar surface area (TPSA) is 74.5 Å². The first-order valence-corrected chi connectivity index (χ1v) is 11.9. The Labute approximate surface area is 213 Å². The molecule has 0 N–H and O–H groups in total. The zero-order valence-corrected chi connectivity index (χ0v) is 20.4.